The number of amides is 5. The summed E-state index contributed by atoms with van der Waals surface area (Å²) < 4.78 is 1.67. The Morgan fingerprint density at radius 3 is 2.43 bits per heavy atom. The average Bonchev–Trinajstić information content (AvgIpc) is 3.98. The van der Waals surface area contributed by atoms with Crippen molar-refractivity contribution in [1.82, 2.24) is 44.9 Å². The van der Waals surface area contributed by atoms with Crippen LogP contribution in [-0.2, 0) is 32.1 Å². The summed E-state index contributed by atoms with van der Waals surface area (Å²) in [6, 6.07) is 14.9. The lowest BCUT2D eigenvalue weighted by atomic mass is 9.90. The zero-order valence-electron chi connectivity index (χ0n) is 35.5. The molecule has 61 heavy (non-hydrogen) atoms. The summed E-state index contributed by atoms with van der Waals surface area (Å²) in [5.74, 6) is -0.461. The van der Waals surface area contributed by atoms with E-state index < -0.39 is 0 Å². The monoisotopic (exact) mass is 830 g/mol. The molecule has 0 spiro atoms. The second-order valence-electron chi connectivity index (χ2n) is 17.2. The third kappa shape index (κ3) is 9.88. The quantitative estimate of drug-likeness (QED) is 0.149. The van der Waals surface area contributed by atoms with Gasteiger partial charge in [0.15, 0.2) is 0 Å². The number of hydrogen-bond donors (Lipinski definition) is 2. The second kappa shape index (κ2) is 18.8. The third-order valence-corrected chi connectivity index (χ3v) is 13.0. The number of imide groups is 1. The van der Waals surface area contributed by atoms with Gasteiger partial charge in [-0.25, -0.2) is 0 Å². The Balaban J connectivity index is 0.819. The van der Waals surface area contributed by atoms with Gasteiger partial charge < -0.3 is 24.6 Å². The van der Waals surface area contributed by atoms with Gasteiger partial charge in [-0.2, -0.15) is 0 Å². The van der Waals surface area contributed by atoms with Crippen LogP contribution >= 0.6 is 0 Å². The minimum Gasteiger partial charge on any atom is -0.369 e. The molecule has 4 aliphatic rings. The molecule has 3 fully saturated rings. The number of rotatable bonds is 13. The number of likely N-dealkylation sites (tertiary alicyclic amines) is 1. The number of aromatic nitrogens is 4. The molecule has 1 atom stereocenters. The minimum absolute atomic E-state index is 0.0846. The molecule has 2 aromatic carbocycles. The van der Waals surface area contributed by atoms with Crippen LogP contribution in [0, 0.1) is 0 Å². The van der Waals surface area contributed by atoms with Crippen LogP contribution in [0.1, 0.15) is 90.9 Å². The van der Waals surface area contributed by atoms with Crippen molar-refractivity contribution in [2.75, 3.05) is 71.4 Å². The highest BCUT2D eigenvalue weighted by molar-refractivity contribution is 6.01. The molecule has 8 rings (SSSR count). The number of fused-ring (bicyclic) bond motifs is 1. The van der Waals surface area contributed by atoms with Crippen LogP contribution in [0.25, 0.3) is 16.5 Å². The topological polar surface area (TPSA) is 160 Å². The maximum atomic E-state index is 13.5. The first-order valence-corrected chi connectivity index (χ1v) is 22.0. The van der Waals surface area contributed by atoms with Gasteiger partial charge in [0, 0.05) is 115 Å². The van der Waals surface area contributed by atoms with E-state index in [9.17, 15) is 24.0 Å². The number of benzene rings is 2. The van der Waals surface area contributed by atoms with Crippen LogP contribution in [0.15, 0.2) is 60.9 Å². The van der Waals surface area contributed by atoms with E-state index in [1.54, 1.807) is 36.1 Å². The first-order chi connectivity index (χ1) is 29.6. The molecule has 0 radical (unpaired) electrons. The molecule has 322 valence electrons. The van der Waals surface area contributed by atoms with Crippen molar-refractivity contribution in [3.63, 3.8) is 0 Å². The largest absolute Gasteiger partial charge is 0.369 e. The fourth-order valence-electron chi connectivity index (χ4n) is 9.47. The summed E-state index contributed by atoms with van der Waals surface area (Å²) >= 11 is 0. The zero-order chi connectivity index (χ0) is 42.5. The number of anilines is 1. The normalized spacial score (nSPS) is 19.3. The summed E-state index contributed by atoms with van der Waals surface area (Å²) in [5, 5.41) is 11.3. The van der Waals surface area contributed by atoms with Gasteiger partial charge >= 0.3 is 0 Å². The SMILES string of the molecule is CN(C)C(=O)c1cc2c(CCCCC(=O)N3CCC(N4CCN(c5cccc(C6CCC(=O)NC6=O)c5)CC4)CC3)cc(C3=CCCN(C(=O)CCn4ccnn4)C3)cc2[nH]1. The molecule has 15 heteroatoms. The first kappa shape index (κ1) is 41.9. The van der Waals surface area contributed by atoms with Gasteiger partial charge in [0.2, 0.25) is 23.6 Å². The fraction of sp³-hybridized carbons (Fsp3) is 0.500. The number of hydrogen-bond acceptors (Lipinski definition) is 9. The molecule has 2 aromatic heterocycles. The lowest BCUT2D eigenvalue weighted by Gasteiger charge is -2.43. The third-order valence-electron chi connectivity index (χ3n) is 13.0. The lowest BCUT2D eigenvalue weighted by molar-refractivity contribution is -0.135. The first-order valence-electron chi connectivity index (χ1n) is 22.0. The van der Waals surface area contributed by atoms with Crippen LogP contribution in [0.5, 0.6) is 0 Å². The van der Waals surface area contributed by atoms with E-state index in [4.69, 9.17) is 0 Å². The number of aromatic amines is 1. The van der Waals surface area contributed by atoms with Crippen LogP contribution in [-0.4, -0.2) is 142 Å². The molecule has 6 heterocycles. The van der Waals surface area contributed by atoms with Gasteiger partial charge in [0.25, 0.3) is 5.91 Å². The Morgan fingerprint density at radius 2 is 1.67 bits per heavy atom. The highest BCUT2D eigenvalue weighted by atomic mass is 16.2. The molecule has 1 unspecified atom stereocenters. The molecular formula is C46H58N10O5. The summed E-state index contributed by atoms with van der Waals surface area (Å²) in [6.07, 6.45) is 12.5. The number of nitrogens with zero attached hydrogens (tertiary/aromatic N) is 8. The highest BCUT2D eigenvalue weighted by Gasteiger charge is 2.31. The molecule has 0 aliphatic carbocycles. The average molecular weight is 831 g/mol. The van der Waals surface area contributed by atoms with E-state index >= 15 is 0 Å². The number of carbonyl (C=O) groups excluding carboxylic acids is 5. The summed E-state index contributed by atoms with van der Waals surface area (Å²) in [4.78, 5) is 77.6. The molecule has 0 bridgehead atoms. The molecule has 2 N–H and O–H groups in total. The van der Waals surface area contributed by atoms with E-state index in [2.05, 4.69) is 60.8 Å². The van der Waals surface area contributed by atoms with Gasteiger partial charge in [-0.1, -0.05) is 29.5 Å². The number of unbranched alkanes of at least 4 members (excludes halogenated alkanes) is 1. The van der Waals surface area contributed by atoms with Gasteiger partial charge in [0.05, 0.1) is 18.7 Å². The molecule has 5 amide bonds. The summed E-state index contributed by atoms with van der Waals surface area (Å²) in [5.41, 5.74) is 6.79. The van der Waals surface area contributed by atoms with E-state index in [-0.39, 0.29) is 35.5 Å². The van der Waals surface area contributed by atoms with Crippen molar-refractivity contribution >= 4 is 51.7 Å². The van der Waals surface area contributed by atoms with Crippen LogP contribution in [0.3, 0.4) is 0 Å². The van der Waals surface area contributed by atoms with Crippen LogP contribution < -0.4 is 10.2 Å². The Labute approximate surface area is 357 Å². The molecule has 4 aromatic rings. The smallest absolute Gasteiger partial charge is 0.269 e. The Hall–Kier alpha value is -5.83. The van der Waals surface area contributed by atoms with Gasteiger partial charge in [0.1, 0.15) is 5.69 Å². The van der Waals surface area contributed by atoms with Gasteiger partial charge in [-0.3, -0.25) is 38.9 Å². The Bertz CT molecular complexity index is 2270. The molecule has 0 saturated carbocycles. The van der Waals surface area contributed by atoms with E-state index in [0.29, 0.717) is 57.1 Å². The van der Waals surface area contributed by atoms with E-state index in [1.807, 2.05) is 28.0 Å². The number of nitrogens with one attached hydrogen (secondary N) is 2. The predicted molar refractivity (Wildman–Crippen MR) is 233 cm³/mol. The van der Waals surface area contributed by atoms with Gasteiger partial charge in [-0.15, -0.1) is 5.10 Å². The van der Waals surface area contributed by atoms with Crippen molar-refractivity contribution in [3.05, 3.63) is 83.3 Å². The van der Waals surface area contributed by atoms with Crippen molar-refractivity contribution in [2.45, 2.75) is 82.7 Å². The number of carbonyl (C=O) groups is 5. The molecule has 3 saturated heterocycles. The van der Waals surface area contributed by atoms with Crippen LogP contribution in [0.2, 0.25) is 0 Å². The number of aryl methyl sites for hydroxylation is 2. The summed E-state index contributed by atoms with van der Waals surface area (Å²) in [7, 11) is 3.50. The van der Waals surface area contributed by atoms with E-state index in [1.165, 1.54) is 0 Å². The minimum atomic E-state index is -0.283. The van der Waals surface area contributed by atoms with E-state index in [0.717, 1.165) is 117 Å². The van der Waals surface area contributed by atoms with Crippen molar-refractivity contribution in [1.29, 1.82) is 0 Å². The molecule has 4 aliphatic heterocycles. The summed E-state index contributed by atoms with van der Waals surface area (Å²) in [6.45, 7) is 6.98. The standard InChI is InChI=1S/C46H58N10O5/c1-51(2)46(61)41-30-39-32(27-35(29-40(39)48-41)34-9-6-18-55(31-34)44(59)16-21-56-22-17-47-50-56)7-3-4-11-43(58)54-19-14-36(15-20-54)52-23-25-53(26-24-52)37-10-5-8-33(28-37)38-12-13-42(57)49-45(38)60/h5,8-10,17,22,27-30,36,38,48H,3-4,6-7,11-16,18-21,23-26,31H2,1-2H3,(H,49,57,60). The van der Waals surface area contributed by atoms with Crippen LogP contribution in [0.4, 0.5) is 5.69 Å². The predicted octanol–water partition coefficient (Wildman–Crippen LogP) is 4.21. The molecular weight excluding hydrogens is 773 g/mol. The number of piperidine rings is 2. The van der Waals surface area contributed by atoms with Crippen molar-refractivity contribution in [2.24, 2.45) is 0 Å². The lowest BCUT2D eigenvalue weighted by Crippen LogP contribution is -2.53. The molecule has 15 nitrogen and oxygen atoms in total. The maximum Gasteiger partial charge on any atom is 0.269 e. The maximum absolute atomic E-state index is 13.5. The van der Waals surface area contributed by atoms with Crippen molar-refractivity contribution < 1.29 is 24.0 Å². The fourth-order valence-corrected chi connectivity index (χ4v) is 9.47. The Kier molecular flexibility index (Phi) is 12.9. The zero-order valence-corrected chi connectivity index (χ0v) is 35.5. The number of piperazine rings is 1. The highest BCUT2D eigenvalue weighted by Crippen LogP contribution is 2.32. The number of H-pyrrole nitrogens is 1. The second-order valence-corrected chi connectivity index (χ2v) is 17.2. The Morgan fingerprint density at radius 1 is 0.869 bits per heavy atom. The van der Waals surface area contributed by atoms with Crippen molar-refractivity contribution in [3.8, 4) is 0 Å². The van der Waals surface area contributed by atoms with Gasteiger partial charge in [-0.05, 0) is 91.5 Å².